The third-order valence-electron chi connectivity index (χ3n) is 2.43. The predicted molar refractivity (Wildman–Crippen MR) is 68.8 cm³/mol. The summed E-state index contributed by atoms with van der Waals surface area (Å²) in [7, 11) is 0. The van der Waals surface area contributed by atoms with Crippen molar-refractivity contribution >= 4 is 11.9 Å². The zero-order valence-electron chi connectivity index (χ0n) is 10.6. The fourth-order valence-electron chi connectivity index (χ4n) is 1.39. The largest absolute Gasteiger partial charge is 0.460 e. The number of rotatable bonds is 7. The highest BCUT2D eigenvalue weighted by Gasteiger charge is 2.06. The minimum Gasteiger partial charge on any atom is -0.460 e. The lowest BCUT2D eigenvalue weighted by Crippen LogP contribution is -2.30. The Kier molecular flexibility index (Phi) is 6.54. The molecule has 1 aromatic rings. The van der Waals surface area contributed by atoms with Crippen molar-refractivity contribution in [1.82, 2.24) is 5.32 Å². The smallest absolute Gasteiger partial charge is 0.325 e. The van der Waals surface area contributed by atoms with Gasteiger partial charge in [0, 0.05) is 6.42 Å². The molecule has 0 aromatic heterocycles. The van der Waals surface area contributed by atoms with Crippen LogP contribution in [0.1, 0.15) is 31.7 Å². The standard InChI is InChI=1S/C14H19NO3/c1-2-3-9-13(16)15-10-14(17)18-11-12-7-5-4-6-8-12/h4-8H,2-3,9-11H2,1H3,(H,15,16). The lowest BCUT2D eigenvalue weighted by molar-refractivity contribution is -0.145. The number of esters is 1. The van der Waals surface area contributed by atoms with Crippen molar-refractivity contribution in [2.45, 2.75) is 32.8 Å². The number of benzene rings is 1. The SMILES string of the molecule is CCCCC(=O)NCC(=O)OCc1ccccc1. The van der Waals surface area contributed by atoms with Crippen LogP contribution in [0.2, 0.25) is 0 Å². The number of unbranched alkanes of at least 4 members (excludes halogenated alkanes) is 1. The summed E-state index contributed by atoms with van der Waals surface area (Å²) in [6.07, 6.45) is 2.26. The molecule has 0 aliphatic carbocycles. The van der Waals surface area contributed by atoms with Crippen LogP contribution in [-0.2, 0) is 20.9 Å². The molecule has 0 saturated heterocycles. The molecule has 0 aliphatic rings. The van der Waals surface area contributed by atoms with Crippen LogP contribution < -0.4 is 5.32 Å². The fraction of sp³-hybridized carbons (Fsp3) is 0.429. The van der Waals surface area contributed by atoms with E-state index in [9.17, 15) is 9.59 Å². The summed E-state index contributed by atoms with van der Waals surface area (Å²) < 4.78 is 5.03. The van der Waals surface area contributed by atoms with E-state index in [1.54, 1.807) is 0 Å². The summed E-state index contributed by atoms with van der Waals surface area (Å²) in [4.78, 5) is 22.6. The quantitative estimate of drug-likeness (QED) is 0.752. The molecule has 0 aliphatic heterocycles. The summed E-state index contributed by atoms with van der Waals surface area (Å²) in [5, 5.41) is 2.54. The van der Waals surface area contributed by atoms with E-state index in [4.69, 9.17) is 4.74 Å². The predicted octanol–water partition coefficient (Wildman–Crippen LogP) is 2.04. The maximum atomic E-state index is 11.4. The Morgan fingerprint density at radius 2 is 1.94 bits per heavy atom. The molecule has 1 rings (SSSR count). The highest BCUT2D eigenvalue weighted by molar-refractivity contribution is 5.81. The average Bonchev–Trinajstić information content (AvgIpc) is 2.41. The van der Waals surface area contributed by atoms with Gasteiger partial charge in [-0.05, 0) is 12.0 Å². The van der Waals surface area contributed by atoms with Gasteiger partial charge in [-0.2, -0.15) is 0 Å². The maximum Gasteiger partial charge on any atom is 0.325 e. The van der Waals surface area contributed by atoms with E-state index >= 15 is 0 Å². The van der Waals surface area contributed by atoms with Gasteiger partial charge in [-0.1, -0.05) is 43.7 Å². The van der Waals surface area contributed by atoms with E-state index in [2.05, 4.69) is 5.32 Å². The van der Waals surface area contributed by atoms with E-state index in [1.807, 2.05) is 37.3 Å². The maximum absolute atomic E-state index is 11.4. The molecule has 0 fully saturated rings. The molecule has 0 spiro atoms. The third kappa shape index (κ3) is 6.03. The summed E-state index contributed by atoms with van der Waals surface area (Å²) in [6, 6.07) is 9.44. The Bertz CT molecular complexity index is 376. The van der Waals surface area contributed by atoms with Crippen molar-refractivity contribution in [2.75, 3.05) is 6.54 Å². The molecule has 98 valence electrons. The molecular formula is C14H19NO3. The van der Waals surface area contributed by atoms with Crippen molar-refractivity contribution < 1.29 is 14.3 Å². The van der Waals surface area contributed by atoms with Gasteiger partial charge in [0.1, 0.15) is 13.2 Å². The van der Waals surface area contributed by atoms with Crippen LogP contribution in [0, 0.1) is 0 Å². The van der Waals surface area contributed by atoms with Crippen molar-refractivity contribution in [1.29, 1.82) is 0 Å². The van der Waals surface area contributed by atoms with Crippen LogP contribution in [0.4, 0.5) is 0 Å². The molecule has 0 heterocycles. The number of ether oxygens (including phenoxy) is 1. The Morgan fingerprint density at radius 1 is 1.22 bits per heavy atom. The molecule has 1 aromatic carbocycles. The van der Waals surface area contributed by atoms with E-state index in [1.165, 1.54) is 0 Å². The lowest BCUT2D eigenvalue weighted by atomic mass is 10.2. The first-order chi connectivity index (χ1) is 8.72. The lowest BCUT2D eigenvalue weighted by Gasteiger charge is -2.06. The Morgan fingerprint density at radius 3 is 2.61 bits per heavy atom. The second-order valence-corrected chi connectivity index (χ2v) is 4.03. The van der Waals surface area contributed by atoms with E-state index in [-0.39, 0.29) is 19.1 Å². The highest BCUT2D eigenvalue weighted by Crippen LogP contribution is 2.00. The van der Waals surface area contributed by atoms with Crippen molar-refractivity contribution in [2.24, 2.45) is 0 Å². The molecule has 0 saturated carbocycles. The van der Waals surface area contributed by atoms with E-state index < -0.39 is 5.97 Å². The first-order valence-electron chi connectivity index (χ1n) is 6.18. The van der Waals surface area contributed by atoms with Gasteiger partial charge < -0.3 is 10.1 Å². The van der Waals surface area contributed by atoms with Crippen LogP contribution in [0.15, 0.2) is 30.3 Å². The molecule has 4 nitrogen and oxygen atoms in total. The molecule has 0 bridgehead atoms. The Hall–Kier alpha value is -1.84. The zero-order valence-corrected chi connectivity index (χ0v) is 10.6. The van der Waals surface area contributed by atoms with Gasteiger partial charge in [-0.15, -0.1) is 0 Å². The second-order valence-electron chi connectivity index (χ2n) is 4.03. The molecule has 0 atom stereocenters. The monoisotopic (exact) mass is 249 g/mol. The van der Waals surface area contributed by atoms with Gasteiger partial charge in [0.2, 0.25) is 5.91 Å². The minimum atomic E-state index is -0.413. The number of carbonyl (C=O) groups is 2. The number of amides is 1. The van der Waals surface area contributed by atoms with E-state index in [0.29, 0.717) is 6.42 Å². The topological polar surface area (TPSA) is 55.4 Å². The van der Waals surface area contributed by atoms with E-state index in [0.717, 1.165) is 18.4 Å². The highest BCUT2D eigenvalue weighted by atomic mass is 16.5. The minimum absolute atomic E-state index is 0.0601. The van der Waals surface area contributed by atoms with Gasteiger partial charge in [0.05, 0.1) is 0 Å². The molecule has 1 N–H and O–H groups in total. The van der Waals surface area contributed by atoms with Crippen LogP contribution in [-0.4, -0.2) is 18.4 Å². The first kappa shape index (κ1) is 14.2. The van der Waals surface area contributed by atoms with Crippen molar-refractivity contribution in [3.05, 3.63) is 35.9 Å². The Labute approximate surface area is 107 Å². The van der Waals surface area contributed by atoms with Crippen LogP contribution in [0.5, 0.6) is 0 Å². The first-order valence-corrected chi connectivity index (χ1v) is 6.18. The van der Waals surface area contributed by atoms with Crippen LogP contribution >= 0.6 is 0 Å². The summed E-state index contributed by atoms with van der Waals surface area (Å²) >= 11 is 0. The summed E-state index contributed by atoms with van der Waals surface area (Å²) in [5.41, 5.74) is 0.933. The average molecular weight is 249 g/mol. The van der Waals surface area contributed by atoms with Gasteiger partial charge in [0.25, 0.3) is 0 Å². The normalized spacial score (nSPS) is 9.83. The fourth-order valence-corrected chi connectivity index (χ4v) is 1.39. The third-order valence-corrected chi connectivity index (χ3v) is 2.43. The van der Waals surface area contributed by atoms with Gasteiger partial charge >= 0.3 is 5.97 Å². The van der Waals surface area contributed by atoms with Crippen molar-refractivity contribution in [3.63, 3.8) is 0 Å². The molecule has 1 amide bonds. The molecule has 18 heavy (non-hydrogen) atoms. The number of hydrogen-bond donors (Lipinski definition) is 1. The van der Waals surface area contributed by atoms with Gasteiger partial charge in [-0.25, -0.2) is 0 Å². The summed E-state index contributed by atoms with van der Waals surface area (Å²) in [6.45, 7) is 2.20. The van der Waals surface area contributed by atoms with Gasteiger partial charge in [0.15, 0.2) is 0 Å². The van der Waals surface area contributed by atoms with Crippen LogP contribution in [0.25, 0.3) is 0 Å². The zero-order chi connectivity index (χ0) is 13.2. The number of carbonyl (C=O) groups excluding carboxylic acids is 2. The second kappa shape index (κ2) is 8.28. The Balaban J connectivity index is 2.16. The number of nitrogens with one attached hydrogen (secondary N) is 1. The molecule has 0 unspecified atom stereocenters. The number of hydrogen-bond acceptors (Lipinski definition) is 3. The van der Waals surface area contributed by atoms with Crippen molar-refractivity contribution in [3.8, 4) is 0 Å². The van der Waals surface area contributed by atoms with Crippen LogP contribution in [0.3, 0.4) is 0 Å². The molecule has 0 radical (unpaired) electrons. The molecule has 4 heteroatoms. The molecular weight excluding hydrogens is 230 g/mol. The summed E-state index contributed by atoms with van der Waals surface area (Å²) in [5.74, 6) is -0.516. The van der Waals surface area contributed by atoms with Gasteiger partial charge in [-0.3, -0.25) is 9.59 Å².